The summed E-state index contributed by atoms with van der Waals surface area (Å²) < 4.78 is 15.1. The first-order valence-electron chi connectivity index (χ1n) is 11.0. The van der Waals surface area contributed by atoms with Gasteiger partial charge in [0.1, 0.15) is 17.3 Å². The van der Waals surface area contributed by atoms with Gasteiger partial charge in [0, 0.05) is 57.2 Å². The minimum atomic E-state index is -0.108. The van der Waals surface area contributed by atoms with Gasteiger partial charge in [0.2, 0.25) is 5.13 Å². The summed E-state index contributed by atoms with van der Waals surface area (Å²) in [5, 5.41) is 3.96. The van der Waals surface area contributed by atoms with Crippen LogP contribution in [-0.2, 0) is 6.42 Å². The molecule has 1 N–H and O–H groups in total. The molecule has 0 aliphatic carbocycles. The Hall–Kier alpha value is -3.17. The summed E-state index contributed by atoms with van der Waals surface area (Å²) in [7, 11) is 3.25. The van der Waals surface area contributed by atoms with Crippen LogP contribution >= 0.6 is 11.5 Å². The van der Waals surface area contributed by atoms with Crippen molar-refractivity contribution in [3.05, 3.63) is 65.5 Å². The molecule has 33 heavy (non-hydrogen) atoms. The molecule has 9 heteroatoms. The van der Waals surface area contributed by atoms with Crippen LogP contribution in [0.2, 0.25) is 0 Å². The summed E-state index contributed by atoms with van der Waals surface area (Å²) in [4.78, 5) is 21.8. The van der Waals surface area contributed by atoms with Crippen molar-refractivity contribution < 1.29 is 14.3 Å². The molecule has 8 nitrogen and oxygen atoms in total. The van der Waals surface area contributed by atoms with E-state index in [1.807, 2.05) is 30.3 Å². The highest BCUT2D eigenvalue weighted by molar-refractivity contribution is 7.09. The van der Waals surface area contributed by atoms with Crippen molar-refractivity contribution in [1.82, 2.24) is 19.6 Å². The van der Waals surface area contributed by atoms with Gasteiger partial charge in [-0.05, 0) is 29.8 Å². The van der Waals surface area contributed by atoms with Gasteiger partial charge >= 0.3 is 0 Å². The van der Waals surface area contributed by atoms with Gasteiger partial charge in [0.05, 0.1) is 19.8 Å². The molecule has 0 spiro atoms. The lowest BCUT2D eigenvalue weighted by Crippen LogP contribution is -2.48. The number of piperazine rings is 1. The minimum Gasteiger partial charge on any atom is -0.497 e. The van der Waals surface area contributed by atoms with Gasteiger partial charge in [-0.25, -0.2) is 4.98 Å². The summed E-state index contributed by atoms with van der Waals surface area (Å²) in [5.41, 5.74) is 1.70. The number of carbonyl (C=O) groups is 1. The third-order valence-electron chi connectivity index (χ3n) is 5.66. The van der Waals surface area contributed by atoms with Gasteiger partial charge in [0.15, 0.2) is 0 Å². The Bertz CT molecular complexity index is 1070. The minimum absolute atomic E-state index is 0.108. The number of rotatable bonds is 9. The summed E-state index contributed by atoms with van der Waals surface area (Å²) in [6.07, 6.45) is 0.694. The van der Waals surface area contributed by atoms with Gasteiger partial charge in [-0.2, -0.15) is 4.37 Å². The Balaban J connectivity index is 1.22. The lowest BCUT2D eigenvalue weighted by molar-refractivity contribution is 0.0944. The first-order valence-corrected chi connectivity index (χ1v) is 11.8. The molecule has 0 saturated carbocycles. The van der Waals surface area contributed by atoms with E-state index in [9.17, 15) is 4.79 Å². The molecular weight excluding hydrogens is 438 g/mol. The monoisotopic (exact) mass is 467 g/mol. The molecule has 174 valence electrons. The SMILES string of the molecule is COc1cccc(Cc2nsc(N3CCN(CCNC(=O)c4ccccc4OC)CC3)n2)c1. The number of aromatic nitrogens is 2. The number of para-hydroxylation sites is 1. The fourth-order valence-electron chi connectivity index (χ4n) is 3.83. The molecular formula is C24H29N5O3S. The van der Waals surface area contributed by atoms with E-state index in [-0.39, 0.29) is 5.91 Å². The Kier molecular flexibility index (Phi) is 7.74. The van der Waals surface area contributed by atoms with Crippen molar-refractivity contribution in [2.24, 2.45) is 0 Å². The summed E-state index contributed by atoms with van der Waals surface area (Å²) in [6.45, 7) is 5.06. The van der Waals surface area contributed by atoms with Crippen LogP contribution in [0.3, 0.4) is 0 Å². The first-order chi connectivity index (χ1) is 16.2. The Morgan fingerprint density at radius 2 is 1.88 bits per heavy atom. The fraction of sp³-hybridized carbons (Fsp3) is 0.375. The zero-order valence-corrected chi connectivity index (χ0v) is 19.8. The number of benzene rings is 2. The lowest BCUT2D eigenvalue weighted by Gasteiger charge is -2.34. The van der Waals surface area contributed by atoms with Crippen molar-refractivity contribution in [2.45, 2.75) is 6.42 Å². The van der Waals surface area contributed by atoms with Crippen molar-refractivity contribution in [1.29, 1.82) is 0 Å². The van der Waals surface area contributed by atoms with E-state index < -0.39 is 0 Å². The average molecular weight is 468 g/mol. The number of anilines is 1. The second-order valence-corrected chi connectivity index (χ2v) is 8.54. The highest BCUT2D eigenvalue weighted by Crippen LogP contribution is 2.22. The molecule has 0 bridgehead atoms. The van der Waals surface area contributed by atoms with Gasteiger partial charge in [-0.3, -0.25) is 9.69 Å². The highest BCUT2D eigenvalue weighted by Gasteiger charge is 2.20. The molecule has 3 aromatic rings. The molecule has 1 aromatic heterocycles. The molecule has 2 heterocycles. The van der Waals surface area contributed by atoms with Crippen molar-refractivity contribution in [3.63, 3.8) is 0 Å². The van der Waals surface area contributed by atoms with Crippen molar-refractivity contribution >= 4 is 22.6 Å². The van der Waals surface area contributed by atoms with Crippen LogP contribution in [0.4, 0.5) is 5.13 Å². The van der Waals surface area contributed by atoms with Crippen LogP contribution in [0.1, 0.15) is 21.7 Å². The van der Waals surface area contributed by atoms with Crippen molar-refractivity contribution in [2.75, 3.05) is 58.4 Å². The third kappa shape index (κ3) is 6.00. The number of nitrogens with one attached hydrogen (secondary N) is 1. The van der Waals surface area contributed by atoms with Gasteiger partial charge in [-0.1, -0.05) is 24.3 Å². The molecule has 0 unspecified atom stereocenters. The zero-order valence-electron chi connectivity index (χ0n) is 19.0. The number of nitrogens with zero attached hydrogens (tertiary/aromatic N) is 4. The molecule has 0 atom stereocenters. The van der Waals surface area contributed by atoms with Gasteiger partial charge in [-0.15, -0.1) is 0 Å². The van der Waals surface area contributed by atoms with Crippen LogP contribution in [0.15, 0.2) is 48.5 Å². The Morgan fingerprint density at radius 3 is 2.67 bits per heavy atom. The molecule has 1 aliphatic rings. The predicted molar refractivity (Wildman–Crippen MR) is 130 cm³/mol. The van der Waals surface area contributed by atoms with E-state index in [0.717, 1.165) is 55.0 Å². The first kappa shape index (κ1) is 23.0. The summed E-state index contributed by atoms with van der Waals surface area (Å²) in [6, 6.07) is 15.3. The van der Waals surface area contributed by atoms with Gasteiger partial charge < -0.3 is 19.7 Å². The van der Waals surface area contributed by atoms with E-state index in [4.69, 9.17) is 14.5 Å². The highest BCUT2D eigenvalue weighted by atomic mass is 32.1. The molecule has 1 amide bonds. The topological polar surface area (TPSA) is 79.8 Å². The normalized spacial score (nSPS) is 14.2. The van der Waals surface area contributed by atoms with Crippen molar-refractivity contribution in [3.8, 4) is 11.5 Å². The van der Waals surface area contributed by atoms with E-state index in [2.05, 4.69) is 25.6 Å². The predicted octanol–water partition coefficient (Wildman–Crippen LogP) is 2.70. The lowest BCUT2D eigenvalue weighted by atomic mass is 10.1. The van der Waals surface area contributed by atoms with E-state index in [1.165, 1.54) is 11.5 Å². The molecule has 0 radical (unpaired) electrons. The van der Waals surface area contributed by atoms with Crippen LogP contribution in [0.25, 0.3) is 0 Å². The number of methoxy groups -OCH3 is 2. The molecule has 1 saturated heterocycles. The maximum atomic E-state index is 12.4. The fourth-order valence-corrected chi connectivity index (χ4v) is 4.56. The number of ether oxygens (including phenoxy) is 2. The average Bonchev–Trinajstić information content (AvgIpc) is 3.32. The van der Waals surface area contributed by atoms with Gasteiger partial charge in [0.25, 0.3) is 5.91 Å². The zero-order chi connectivity index (χ0) is 23.0. The van der Waals surface area contributed by atoms with Crippen LogP contribution in [0.5, 0.6) is 11.5 Å². The Labute approximate surface area is 198 Å². The van der Waals surface area contributed by atoms with E-state index in [0.29, 0.717) is 24.3 Å². The second-order valence-electron chi connectivity index (χ2n) is 7.81. The number of hydrogen-bond donors (Lipinski definition) is 1. The van der Waals surface area contributed by atoms with Crippen LogP contribution in [-0.4, -0.2) is 73.7 Å². The second kappa shape index (κ2) is 11.1. The largest absolute Gasteiger partial charge is 0.497 e. The molecule has 1 fully saturated rings. The van der Waals surface area contributed by atoms with Crippen LogP contribution in [0, 0.1) is 0 Å². The number of hydrogen-bond acceptors (Lipinski definition) is 8. The smallest absolute Gasteiger partial charge is 0.255 e. The number of carbonyl (C=O) groups excluding carboxylic acids is 1. The molecule has 2 aromatic carbocycles. The third-order valence-corrected chi connectivity index (χ3v) is 6.48. The maximum absolute atomic E-state index is 12.4. The van der Waals surface area contributed by atoms with E-state index >= 15 is 0 Å². The molecule has 1 aliphatic heterocycles. The standard InChI is InChI=1S/C24H29N5O3S/c1-31-19-7-5-6-18(16-19)17-22-26-24(33-27-22)29-14-12-28(13-15-29)11-10-25-23(30)20-8-3-4-9-21(20)32-2/h3-9,16H,10-15,17H2,1-2H3,(H,25,30). The molecule has 4 rings (SSSR count). The number of amides is 1. The van der Waals surface area contributed by atoms with E-state index in [1.54, 1.807) is 26.4 Å². The Morgan fingerprint density at radius 1 is 1.06 bits per heavy atom. The maximum Gasteiger partial charge on any atom is 0.255 e. The van der Waals surface area contributed by atoms with Crippen LogP contribution < -0.4 is 19.7 Å². The summed E-state index contributed by atoms with van der Waals surface area (Å²) >= 11 is 1.46. The quantitative estimate of drug-likeness (QED) is 0.518. The summed E-state index contributed by atoms with van der Waals surface area (Å²) in [5.74, 6) is 2.16.